The van der Waals surface area contributed by atoms with E-state index in [2.05, 4.69) is 10.0 Å². The molecule has 29 heavy (non-hydrogen) atoms. The Hall–Kier alpha value is -2.26. The van der Waals surface area contributed by atoms with Gasteiger partial charge in [0.25, 0.3) is 0 Å². The Morgan fingerprint density at radius 2 is 1.83 bits per heavy atom. The standard InChI is InChI=1S/C11H13NO2.C9H13ClN4S/c13-9-10-1-3-11(4-2-10)12-5-7-14-8-6-12;1-2-15-9(13-11)14(12)8-5-3-7(10)4-6-8/h1-4,9H,5-8H2;3-6H,2,11-12H2,1H3/b;13-9+. The summed E-state index contributed by atoms with van der Waals surface area (Å²) in [4.78, 5) is 12.7. The second-order valence-electron chi connectivity index (χ2n) is 6.00. The van der Waals surface area contributed by atoms with Gasteiger partial charge in [0.15, 0.2) is 0 Å². The number of ether oxygens (including phenoxy) is 1. The van der Waals surface area contributed by atoms with E-state index in [1.165, 1.54) is 22.5 Å². The summed E-state index contributed by atoms with van der Waals surface area (Å²) in [6.07, 6.45) is 0.864. The van der Waals surface area contributed by atoms with Gasteiger partial charge in [-0.05, 0) is 54.3 Å². The molecule has 7 nitrogen and oxygen atoms in total. The van der Waals surface area contributed by atoms with Crippen LogP contribution in [0.1, 0.15) is 17.3 Å². The first-order valence-corrected chi connectivity index (χ1v) is 10.5. The lowest BCUT2D eigenvalue weighted by molar-refractivity contribution is 0.112. The maximum Gasteiger partial charge on any atom is 0.201 e. The van der Waals surface area contributed by atoms with Crippen LogP contribution in [0.2, 0.25) is 5.02 Å². The van der Waals surface area contributed by atoms with Gasteiger partial charge in [0.1, 0.15) is 6.29 Å². The first-order valence-electron chi connectivity index (χ1n) is 9.18. The molecule has 0 radical (unpaired) electrons. The van der Waals surface area contributed by atoms with Crippen molar-refractivity contribution in [2.24, 2.45) is 16.8 Å². The number of hydrazone groups is 1. The average Bonchev–Trinajstić information content (AvgIpc) is 2.78. The highest BCUT2D eigenvalue weighted by atomic mass is 35.5. The van der Waals surface area contributed by atoms with E-state index in [1.54, 1.807) is 12.1 Å². The van der Waals surface area contributed by atoms with Crippen LogP contribution in [0.5, 0.6) is 0 Å². The molecule has 0 atom stereocenters. The Morgan fingerprint density at radius 3 is 2.34 bits per heavy atom. The molecule has 0 amide bonds. The number of hydrazine groups is 1. The van der Waals surface area contributed by atoms with Crippen molar-refractivity contribution in [3.63, 3.8) is 0 Å². The third-order valence-corrected chi connectivity index (χ3v) is 5.20. The van der Waals surface area contributed by atoms with Crippen LogP contribution in [0.3, 0.4) is 0 Å². The molecule has 0 spiro atoms. The van der Waals surface area contributed by atoms with Crippen LogP contribution < -0.4 is 21.6 Å². The predicted molar refractivity (Wildman–Crippen MR) is 123 cm³/mol. The number of nitrogens with two attached hydrogens (primary N) is 2. The number of carbonyl (C=O) groups excluding carboxylic acids is 1. The zero-order valence-corrected chi connectivity index (χ0v) is 17.9. The summed E-state index contributed by atoms with van der Waals surface area (Å²) in [6, 6.07) is 14.8. The Balaban J connectivity index is 0.000000207. The molecule has 1 heterocycles. The summed E-state index contributed by atoms with van der Waals surface area (Å²) in [5.41, 5.74) is 2.69. The van der Waals surface area contributed by atoms with Gasteiger partial charge in [0, 0.05) is 29.4 Å². The quantitative estimate of drug-likeness (QED) is 0.250. The molecule has 0 aliphatic carbocycles. The van der Waals surface area contributed by atoms with E-state index in [0.717, 1.165) is 49.6 Å². The zero-order chi connectivity index (χ0) is 21.1. The lowest BCUT2D eigenvalue weighted by Crippen LogP contribution is -2.36. The second kappa shape index (κ2) is 12.3. The maximum atomic E-state index is 10.5. The molecular formula is C20H26ClN5O2S. The van der Waals surface area contributed by atoms with Crippen LogP contribution >= 0.6 is 23.4 Å². The summed E-state index contributed by atoms with van der Waals surface area (Å²) in [6.45, 7) is 5.44. The number of rotatable bonds is 4. The molecule has 1 fully saturated rings. The van der Waals surface area contributed by atoms with Crippen molar-refractivity contribution in [1.29, 1.82) is 0 Å². The van der Waals surface area contributed by atoms with Crippen LogP contribution in [-0.2, 0) is 4.74 Å². The summed E-state index contributed by atoms with van der Waals surface area (Å²) in [5, 5.41) is 6.30. The molecule has 2 aromatic carbocycles. The van der Waals surface area contributed by atoms with Gasteiger partial charge in [-0.3, -0.25) is 9.80 Å². The normalized spacial score (nSPS) is 14.0. The van der Waals surface area contributed by atoms with E-state index in [-0.39, 0.29) is 0 Å². The van der Waals surface area contributed by atoms with E-state index in [0.29, 0.717) is 10.2 Å². The van der Waals surface area contributed by atoms with Crippen molar-refractivity contribution >= 4 is 46.2 Å². The Kier molecular flexibility index (Phi) is 9.79. The fourth-order valence-corrected chi connectivity index (χ4v) is 3.30. The van der Waals surface area contributed by atoms with Crippen LogP contribution in [0.25, 0.3) is 0 Å². The minimum atomic E-state index is 0.569. The minimum absolute atomic E-state index is 0.569. The number of anilines is 2. The highest BCUT2D eigenvalue weighted by molar-refractivity contribution is 8.14. The number of morpholine rings is 1. The number of nitrogens with zero attached hydrogens (tertiary/aromatic N) is 3. The summed E-state index contributed by atoms with van der Waals surface area (Å²) < 4.78 is 5.27. The maximum absolute atomic E-state index is 10.5. The molecule has 156 valence electrons. The lowest BCUT2D eigenvalue weighted by atomic mass is 10.2. The van der Waals surface area contributed by atoms with Crippen molar-refractivity contribution < 1.29 is 9.53 Å². The molecule has 0 unspecified atom stereocenters. The molecule has 1 aliphatic rings. The van der Waals surface area contributed by atoms with Crippen molar-refractivity contribution in [1.82, 2.24) is 0 Å². The first kappa shape index (κ1) is 23.0. The van der Waals surface area contributed by atoms with Crippen molar-refractivity contribution in [2.75, 3.05) is 42.0 Å². The first-order chi connectivity index (χ1) is 14.1. The molecule has 2 aromatic rings. The van der Waals surface area contributed by atoms with Crippen LogP contribution in [0.15, 0.2) is 53.6 Å². The van der Waals surface area contributed by atoms with E-state index >= 15 is 0 Å². The molecule has 1 aliphatic heterocycles. The molecule has 0 saturated carbocycles. The van der Waals surface area contributed by atoms with Gasteiger partial charge in [0.05, 0.1) is 18.9 Å². The van der Waals surface area contributed by atoms with Crippen LogP contribution in [0.4, 0.5) is 11.4 Å². The number of halogens is 1. The third-order valence-electron chi connectivity index (χ3n) is 4.10. The number of hydrogen-bond donors (Lipinski definition) is 2. The van der Waals surface area contributed by atoms with Gasteiger partial charge >= 0.3 is 0 Å². The Morgan fingerprint density at radius 1 is 1.21 bits per heavy atom. The highest BCUT2D eigenvalue weighted by Gasteiger charge is 2.10. The molecule has 1 saturated heterocycles. The summed E-state index contributed by atoms with van der Waals surface area (Å²) in [5.74, 6) is 11.9. The zero-order valence-electron chi connectivity index (χ0n) is 16.3. The SMILES string of the molecule is CCS/C(=N/N)N(N)c1ccc(Cl)cc1.O=Cc1ccc(N2CCOCC2)cc1. The van der Waals surface area contributed by atoms with Gasteiger partial charge < -0.3 is 15.5 Å². The largest absolute Gasteiger partial charge is 0.378 e. The molecule has 3 rings (SSSR count). The van der Waals surface area contributed by atoms with Crippen LogP contribution in [0, 0.1) is 0 Å². The van der Waals surface area contributed by atoms with E-state index in [1.807, 2.05) is 43.3 Å². The van der Waals surface area contributed by atoms with Gasteiger partial charge in [-0.1, -0.05) is 30.3 Å². The second-order valence-corrected chi connectivity index (χ2v) is 7.67. The summed E-state index contributed by atoms with van der Waals surface area (Å²) >= 11 is 7.25. The minimum Gasteiger partial charge on any atom is -0.378 e. The molecular weight excluding hydrogens is 410 g/mol. The van der Waals surface area contributed by atoms with E-state index in [4.69, 9.17) is 28.0 Å². The van der Waals surface area contributed by atoms with Crippen molar-refractivity contribution in [3.05, 3.63) is 59.1 Å². The number of aldehydes is 1. The lowest BCUT2D eigenvalue weighted by Gasteiger charge is -2.28. The summed E-state index contributed by atoms with van der Waals surface area (Å²) in [7, 11) is 0. The molecule has 0 aromatic heterocycles. The van der Waals surface area contributed by atoms with Gasteiger partial charge in [-0.15, -0.1) is 0 Å². The van der Waals surface area contributed by atoms with Gasteiger partial charge in [-0.25, -0.2) is 5.84 Å². The fourth-order valence-electron chi connectivity index (χ4n) is 2.60. The smallest absolute Gasteiger partial charge is 0.201 e. The molecule has 9 heteroatoms. The molecule has 4 N–H and O–H groups in total. The van der Waals surface area contributed by atoms with Gasteiger partial charge in [-0.2, -0.15) is 5.10 Å². The van der Waals surface area contributed by atoms with E-state index < -0.39 is 0 Å². The fraction of sp³-hybridized carbons (Fsp3) is 0.300. The predicted octanol–water partition coefficient (Wildman–Crippen LogP) is 3.34. The topological polar surface area (TPSA) is 97.2 Å². The third kappa shape index (κ3) is 7.25. The monoisotopic (exact) mass is 435 g/mol. The van der Waals surface area contributed by atoms with Crippen molar-refractivity contribution in [2.45, 2.75) is 6.92 Å². The number of carbonyl (C=O) groups is 1. The average molecular weight is 436 g/mol. The van der Waals surface area contributed by atoms with Crippen LogP contribution in [-0.4, -0.2) is 43.5 Å². The number of hydrogen-bond acceptors (Lipinski definition) is 7. The molecule has 0 bridgehead atoms. The Labute approximate surface area is 180 Å². The number of amidine groups is 1. The van der Waals surface area contributed by atoms with Gasteiger partial charge in [0.2, 0.25) is 5.17 Å². The highest BCUT2D eigenvalue weighted by Crippen LogP contribution is 2.19. The number of benzene rings is 2. The number of thioether (sulfide) groups is 1. The van der Waals surface area contributed by atoms with Crippen molar-refractivity contribution in [3.8, 4) is 0 Å². The van der Waals surface area contributed by atoms with E-state index in [9.17, 15) is 4.79 Å². The Bertz CT molecular complexity index is 780.